The molecule has 0 heterocycles. The molecule has 0 aromatic heterocycles. The molecule has 0 saturated carbocycles. The van der Waals surface area contributed by atoms with E-state index in [1.165, 1.54) is 0 Å². The van der Waals surface area contributed by atoms with E-state index >= 15 is 0 Å². The molecule has 0 saturated heterocycles. The molecule has 0 spiro atoms. The van der Waals surface area contributed by atoms with Gasteiger partial charge in [0.05, 0.1) is 12.4 Å². The van der Waals surface area contributed by atoms with Gasteiger partial charge in [-0.15, -0.1) is 0 Å². The minimum absolute atomic E-state index is 0.742. The van der Waals surface area contributed by atoms with Gasteiger partial charge in [0, 0.05) is 12.5 Å². The maximum Gasteiger partial charge on any atom is 0.242 e. The van der Waals surface area contributed by atoms with Crippen LogP contribution < -0.4 is 0 Å². The molecule has 0 aliphatic heterocycles. The number of rotatable bonds is 4. The number of hydrogen-bond donors (Lipinski definition) is 0. The molecule has 0 amide bonds. The van der Waals surface area contributed by atoms with E-state index in [0.29, 0.717) is 0 Å². The quantitative estimate of drug-likeness (QED) is 0.665. The lowest BCUT2D eigenvalue weighted by Gasteiger charge is -2.22. The van der Waals surface area contributed by atoms with Crippen molar-refractivity contribution in [1.29, 1.82) is 0 Å². The predicted octanol–water partition coefficient (Wildman–Crippen LogP) is 3.44. The van der Waals surface area contributed by atoms with E-state index in [0.717, 1.165) is 31.0 Å². The largest absolute Gasteiger partial charge is 0.544 e. The molecule has 3 heteroatoms. The summed E-state index contributed by atoms with van der Waals surface area (Å²) in [5.74, 6) is 2.06. The second kappa shape index (κ2) is 4.69. The average molecular weight is 212 g/mol. The van der Waals surface area contributed by atoms with Crippen molar-refractivity contribution in [2.24, 2.45) is 0 Å². The molecular formula is C11H20O2Si. The second-order valence-corrected chi connectivity index (χ2v) is 8.83. The predicted molar refractivity (Wildman–Crippen MR) is 61.5 cm³/mol. The highest BCUT2D eigenvalue weighted by atomic mass is 28.4. The molecule has 0 bridgehead atoms. The normalized spacial score (nSPS) is 17.1. The summed E-state index contributed by atoms with van der Waals surface area (Å²) >= 11 is 0. The topological polar surface area (TPSA) is 18.5 Å². The molecule has 0 aromatic carbocycles. The summed E-state index contributed by atoms with van der Waals surface area (Å²) in [6, 6.07) is 0. The first-order chi connectivity index (χ1) is 6.51. The van der Waals surface area contributed by atoms with Crippen LogP contribution >= 0.6 is 0 Å². The lowest BCUT2D eigenvalue weighted by Crippen LogP contribution is -2.24. The molecule has 0 aromatic rings. The second-order valence-electron chi connectivity index (χ2n) is 4.40. The smallest absolute Gasteiger partial charge is 0.242 e. The highest BCUT2D eigenvalue weighted by Crippen LogP contribution is 2.21. The molecule has 2 nitrogen and oxygen atoms in total. The van der Waals surface area contributed by atoms with Crippen LogP contribution in [0.15, 0.2) is 23.7 Å². The maximum atomic E-state index is 5.90. The molecule has 1 aliphatic carbocycles. The van der Waals surface area contributed by atoms with Crippen LogP contribution in [-0.2, 0) is 9.16 Å². The molecule has 1 aliphatic rings. The summed E-state index contributed by atoms with van der Waals surface area (Å²) in [5, 5.41) is 0. The number of ether oxygens (including phenoxy) is 1. The SMILES string of the molecule is CCOC1=CC(O[Si](C)(C)C)=CCC1. The van der Waals surface area contributed by atoms with E-state index in [4.69, 9.17) is 9.16 Å². The van der Waals surface area contributed by atoms with Gasteiger partial charge >= 0.3 is 0 Å². The molecule has 0 fully saturated rings. The van der Waals surface area contributed by atoms with Crippen molar-refractivity contribution in [3.63, 3.8) is 0 Å². The van der Waals surface area contributed by atoms with Gasteiger partial charge in [0.15, 0.2) is 0 Å². The van der Waals surface area contributed by atoms with Crippen LogP contribution in [0.1, 0.15) is 19.8 Å². The Hall–Kier alpha value is -0.703. The minimum atomic E-state index is -1.47. The zero-order valence-corrected chi connectivity index (χ0v) is 10.6. The molecular weight excluding hydrogens is 192 g/mol. The summed E-state index contributed by atoms with van der Waals surface area (Å²) in [6.45, 7) is 9.33. The summed E-state index contributed by atoms with van der Waals surface area (Å²) in [7, 11) is -1.47. The fourth-order valence-corrected chi connectivity index (χ4v) is 2.22. The Morgan fingerprint density at radius 3 is 2.64 bits per heavy atom. The van der Waals surface area contributed by atoms with Gasteiger partial charge in [-0.05, 0) is 39.1 Å². The van der Waals surface area contributed by atoms with Gasteiger partial charge in [-0.25, -0.2) is 0 Å². The van der Waals surface area contributed by atoms with E-state index in [1.807, 2.05) is 13.0 Å². The Bertz CT molecular complexity index is 249. The van der Waals surface area contributed by atoms with Gasteiger partial charge in [-0.3, -0.25) is 0 Å². The zero-order valence-electron chi connectivity index (χ0n) is 9.59. The van der Waals surface area contributed by atoms with Gasteiger partial charge in [0.25, 0.3) is 0 Å². The van der Waals surface area contributed by atoms with Gasteiger partial charge in [0.2, 0.25) is 8.32 Å². The zero-order chi connectivity index (χ0) is 10.6. The van der Waals surface area contributed by atoms with Crippen molar-refractivity contribution in [2.75, 3.05) is 6.61 Å². The lowest BCUT2D eigenvalue weighted by atomic mass is 10.1. The van der Waals surface area contributed by atoms with Crippen molar-refractivity contribution in [3.05, 3.63) is 23.7 Å². The van der Waals surface area contributed by atoms with Gasteiger partial charge in [-0.2, -0.15) is 0 Å². The van der Waals surface area contributed by atoms with E-state index in [-0.39, 0.29) is 0 Å². The van der Waals surface area contributed by atoms with E-state index in [1.54, 1.807) is 0 Å². The minimum Gasteiger partial charge on any atom is -0.544 e. The van der Waals surface area contributed by atoms with Crippen LogP contribution in [-0.4, -0.2) is 14.9 Å². The fraction of sp³-hybridized carbons (Fsp3) is 0.636. The molecule has 0 unspecified atom stereocenters. The maximum absolute atomic E-state index is 5.90. The van der Waals surface area contributed by atoms with Crippen LogP contribution in [0.3, 0.4) is 0 Å². The number of allylic oxidation sites excluding steroid dienone is 3. The summed E-state index contributed by atoms with van der Waals surface area (Å²) in [4.78, 5) is 0. The lowest BCUT2D eigenvalue weighted by molar-refractivity contribution is 0.215. The van der Waals surface area contributed by atoms with Crippen LogP contribution in [0.25, 0.3) is 0 Å². The van der Waals surface area contributed by atoms with Gasteiger partial charge in [-0.1, -0.05) is 0 Å². The first-order valence-electron chi connectivity index (χ1n) is 5.24. The highest BCUT2D eigenvalue weighted by molar-refractivity contribution is 6.70. The molecule has 14 heavy (non-hydrogen) atoms. The van der Waals surface area contributed by atoms with Crippen molar-refractivity contribution < 1.29 is 9.16 Å². The third kappa shape index (κ3) is 4.00. The van der Waals surface area contributed by atoms with Crippen molar-refractivity contribution in [3.8, 4) is 0 Å². The van der Waals surface area contributed by atoms with E-state index in [9.17, 15) is 0 Å². The van der Waals surface area contributed by atoms with Gasteiger partial charge in [0.1, 0.15) is 5.76 Å². The first-order valence-corrected chi connectivity index (χ1v) is 8.64. The molecule has 0 N–H and O–H groups in total. The van der Waals surface area contributed by atoms with E-state index < -0.39 is 8.32 Å². The summed E-state index contributed by atoms with van der Waals surface area (Å²) in [6.07, 6.45) is 6.23. The standard InChI is InChI=1S/C11H20O2Si/c1-5-12-10-7-6-8-11(9-10)13-14(2,3)4/h8-9H,5-7H2,1-4H3. The molecule has 80 valence electrons. The molecule has 1 rings (SSSR count). The Kier molecular flexibility index (Phi) is 3.81. The summed E-state index contributed by atoms with van der Waals surface area (Å²) in [5.41, 5.74) is 0. The Balaban J connectivity index is 2.58. The number of hydrogen-bond acceptors (Lipinski definition) is 2. The Labute approximate surface area is 87.7 Å². The van der Waals surface area contributed by atoms with Crippen molar-refractivity contribution in [2.45, 2.75) is 39.4 Å². The third-order valence-electron chi connectivity index (χ3n) is 1.79. The summed E-state index contributed by atoms with van der Waals surface area (Å²) < 4.78 is 11.4. The van der Waals surface area contributed by atoms with E-state index in [2.05, 4.69) is 25.7 Å². The van der Waals surface area contributed by atoms with Crippen molar-refractivity contribution in [1.82, 2.24) is 0 Å². The molecule has 0 radical (unpaired) electrons. The fourth-order valence-electron chi connectivity index (χ4n) is 1.37. The van der Waals surface area contributed by atoms with Crippen LogP contribution in [0.5, 0.6) is 0 Å². The Morgan fingerprint density at radius 2 is 2.07 bits per heavy atom. The van der Waals surface area contributed by atoms with Crippen molar-refractivity contribution >= 4 is 8.32 Å². The highest BCUT2D eigenvalue weighted by Gasteiger charge is 2.18. The van der Waals surface area contributed by atoms with Crippen LogP contribution in [0.2, 0.25) is 19.6 Å². The average Bonchev–Trinajstić information content (AvgIpc) is 2.02. The van der Waals surface area contributed by atoms with Crippen LogP contribution in [0, 0.1) is 0 Å². The Morgan fingerprint density at radius 1 is 1.36 bits per heavy atom. The monoisotopic (exact) mass is 212 g/mol. The third-order valence-corrected chi connectivity index (χ3v) is 2.64. The first kappa shape index (κ1) is 11.4. The van der Waals surface area contributed by atoms with Crippen LogP contribution in [0.4, 0.5) is 0 Å². The van der Waals surface area contributed by atoms with Gasteiger partial charge < -0.3 is 9.16 Å². The molecule has 0 atom stereocenters.